The minimum Gasteiger partial charge on any atom is -0.455 e. The van der Waals surface area contributed by atoms with Gasteiger partial charge < -0.3 is 8.98 Å². The first-order chi connectivity index (χ1) is 31.7. The maximum Gasteiger partial charge on any atom is 0.238 e. The minimum absolute atomic E-state index is 0.546. The van der Waals surface area contributed by atoms with Crippen LogP contribution < -0.4 is 0 Å². The van der Waals surface area contributed by atoms with Gasteiger partial charge in [0.2, 0.25) is 5.95 Å². The number of rotatable bonds is 5. The molecule has 0 saturated heterocycles. The lowest BCUT2D eigenvalue weighted by Gasteiger charge is -2.12. The highest BCUT2D eigenvalue weighted by molar-refractivity contribution is 7.25. The first-order valence-electron chi connectivity index (χ1n) is 21.4. The molecule has 0 aliphatic rings. The van der Waals surface area contributed by atoms with Crippen molar-refractivity contribution in [2.24, 2.45) is 0 Å². The van der Waals surface area contributed by atoms with Crippen molar-refractivity contribution in [3.05, 3.63) is 200 Å². The van der Waals surface area contributed by atoms with Crippen molar-refractivity contribution in [3.8, 4) is 45.5 Å². The molecular weight excluding hydrogens is 803 g/mol. The third-order valence-electron chi connectivity index (χ3n) is 12.8. The lowest BCUT2D eigenvalue weighted by atomic mass is 10.0. The van der Waals surface area contributed by atoms with Gasteiger partial charge in [-0.05, 0) is 66.2 Å². The molecule has 0 atom stereocenters. The molecule has 298 valence electrons. The largest absolute Gasteiger partial charge is 0.455 e. The Morgan fingerprint density at radius 3 is 1.78 bits per heavy atom. The van der Waals surface area contributed by atoms with Gasteiger partial charge in [-0.15, -0.1) is 11.3 Å². The van der Waals surface area contributed by atoms with Crippen molar-refractivity contribution in [1.29, 1.82) is 0 Å². The molecule has 5 aromatic heterocycles. The molecule has 0 aliphatic heterocycles. The molecule has 0 radical (unpaired) electrons. The number of hydrogen-bond donors (Lipinski definition) is 0. The summed E-state index contributed by atoms with van der Waals surface area (Å²) in [5.41, 5.74) is 11.1. The molecule has 6 nitrogen and oxygen atoms in total. The van der Waals surface area contributed by atoms with E-state index in [9.17, 15) is 0 Å². The molecule has 64 heavy (non-hydrogen) atoms. The fraction of sp³-hybridized carbons (Fsp3) is 0. The highest BCUT2D eigenvalue weighted by Gasteiger charge is 2.23. The average Bonchev–Trinajstić information content (AvgIpc) is 4.11. The second-order valence-corrected chi connectivity index (χ2v) is 17.4. The fourth-order valence-corrected chi connectivity index (χ4v) is 11.1. The molecule has 0 bridgehead atoms. The Hall–Kier alpha value is -8.39. The van der Waals surface area contributed by atoms with E-state index in [1.807, 2.05) is 6.07 Å². The highest BCUT2D eigenvalue weighted by atomic mass is 32.1. The van der Waals surface area contributed by atoms with E-state index in [1.54, 1.807) is 11.3 Å². The number of nitrogens with zero attached hydrogens (tertiary/aromatic N) is 5. The van der Waals surface area contributed by atoms with Crippen molar-refractivity contribution < 1.29 is 4.42 Å². The van der Waals surface area contributed by atoms with Crippen LogP contribution in [0.1, 0.15) is 0 Å². The summed E-state index contributed by atoms with van der Waals surface area (Å²) < 4.78 is 13.8. The normalized spacial score (nSPS) is 12.1. The van der Waals surface area contributed by atoms with Gasteiger partial charge in [0.15, 0.2) is 11.6 Å². The Balaban J connectivity index is 1.05. The van der Waals surface area contributed by atoms with Crippen LogP contribution in [0.2, 0.25) is 0 Å². The van der Waals surface area contributed by atoms with Gasteiger partial charge in [-0.1, -0.05) is 140 Å². The van der Waals surface area contributed by atoms with Gasteiger partial charge >= 0.3 is 0 Å². The van der Waals surface area contributed by atoms with Gasteiger partial charge in [-0.25, -0.2) is 4.98 Å². The van der Waals surface area contributed by atoms with E-state index in [2.05, 4.69) is 203 Å². The molecule has 14 rings (SSSR count). The summed E-state index contributed by atoms with van der Waals surface area (Å²) >= 11 is 1.79. The molecule has 7 heteroatoms. The van der Waals surface area contributed by atoms with E-state index >= 15 is 0 Å². The molecule has 0 aliphatic carbocycles. The predicted molar refractivity (Wildman–Crippen MR) is 265 cm³/mol. The van der Waals surface area contributed by atoms with E-state index in [4.69, 9.17) is 19.4 Å². The molecule has 0 fully saturated rings. The fourth-order valence-electron chi connectivity index (χ4n) is 9.96. The van der Waals surface area contributed by atoms with Crippen LogP contribution in [0, 0.1) is 0 Å². The van der Waals surface area contributed by atoms with E-state index < -0.39 is 0 Å². The van der Waals surface area contributed by atoms with Crippen LogP contribution in [0.15, 0.2) is 205 Å². The van der Waals surface area contributed by atoms with Crippen LogP contribution in [-0.2, 0) is 0 Å². The number of furan rings is 1. The van der Waals surface area contributed by atoms with Crippen LogP contribution in [0.25, 0.3) is 131 Å². The zero-order valence-corrected chi connectivity index (χ0v) is 34.9. The Kier molecular flexibility index (Phi) is 7.46. The second kappa shape index (κ2) is 13.6. The average molecular weight is 836 g/mol. The molecule has 5 heterocycles. The maximum atomic E-state index is 6.76. The Bertz CT molecular complexity index is 4200. The van der Waals surface area contributed by atoms with Gasteiger partial charge in [-0.3, -0.25) is 4.57 Å². The number of benzene rings is 9. The van der Waals surface area contributed by atoms with Crippen molar-refractivity contribution >= 4 is 97.1 Å². The Morgan fingerprint density at radius 1 is 0.375 bits per heavy atom. The molecule has 0 saturated carbocycles. The molecule has 9 aromatic carbocycles. The van der Waals surface area contributed by atoms with Gasteiger partial charge in [-0.2, -0.15) is 9.97 Å². The SMILES string of the molecule is c1ccc(-c2cccc3c2oc2cc(-c4nc(-c5cccc6sc7ccccc7c56)nc(-n5c6ccccc6c6cc7c(cc65)c5ccccc5n7-c5ccccc5)n4)ccc23)cc1. The van der Waals surface area contributed by atoms with Crippen molar-refractivity contribution in [2.45, 2.75) is 0 Å². The topological polar surface area (TPSA) is 61.7 Å². The van der Waals surface area contributed by atoms with E-state index in [0.29, 0.717) is 17.6 Å². The van der Waals surface area contributed by atoms with E-state index in [-0.39, 0.29) is 0 Å². The van der Waals surface area contributed by atoms with Gasteiger partial charge in [0.05, 0.1) is 22.1 Å². The van der Waals surface area contributed by atoms with Crippen molar-refractivity contribution in [3.63, 3.8) is 0 Å². The quantitative estimate of drug-likeness (QED) is 0.173. The summed E-state index contributed by atoms with van der Waals surface area (Å²) in [7, 11) is 0. The van der Waals surface area contributed by atoms with Gasteiger partial charge in [0.1, 0.15) is 11.2 Å². The summed E-state index contributed by atoms with van der Waals surface area (Å²) in [4.78, 5) is 16.2. The second-order valence-electron chi connectivity index (χ2n) is 16.3. The third kappa shape index (κ3) is 5.16. The van der Waals surface area contributed by atoms with Gasteiger partial charge in [0, 0.05) is 74.9 Å². The number of thiophene rings is 1. The van der Waals surface area contributed by atoms with Crippen LogP contribution >= 0.6 is 11.3 Å². The molecule has 14 aromatic rings. The first kappa shape index (κ1) is 35.2. The van der Waals surface area contributed by atoms with E-state index in [0.717, 1.165) is 93.5 Å². The summed E-state index contributed by atoms with van der Waals surface area (Å²) in [5, 5.41) is 9.03. The minimum atomic E-state index is 0.546. The van der Waals surface area contributed by atoms with Gasteiger partial charge in [0.25, 0.3) is 0 Å². The monoisotopic (exact) mass is 835 g/mol. The smallest absolute Gasteiger partial charge is 0.238 e. The zero-order valence-electron chi connectivity index (χ0n) is 34.1. The molecular formula is C57H33N5OS. The maximum absolute atomic E-state index is 6.76. The summed E-state index contributed by atoms with van der Waals surface area (Å²) in [6.45, 7) is 0. The first-order valence-corrected chi connectivity index (χ1v) is 22.3. The van der Waals surface area contributed by atoms with Crippen LogP contribution in [-0.4, -0.2) is 24.1 Å². The summed E-state index contributed by atoms with van der Waals surface area (Å²) in [6, 6.07) is 70.7. The lowest BCUT2D eigenvalue weighted by Crippen LogP contribution is -2.06. The number of aromatic nitrogens is 5. The Morgan fingerprint density at radius 2 is 0.984 bits per heavy atom. The van der Waals surface area contributed by atoms with Crippen molar-refractivity contribution in [1.82, 2.24) is 24.1 Å². The summed E-state index contributed by atoms with van der Waals surface area (Å²) in [6.07, 6.45) is 0. The molecule has 0 N–H and O–H groups in total. The van der Waals surface area contributed by atoms with E-state index in [1.165, 1.54) is 20.2 Å². The number of fused-ring (bicyclic) bond motifs is 12. The molecule has 0 unspecified atom stereocenters. The third-order valence-corrected chi connectivity index (χ3v) is 13.9. The Labute approximate surface area is 369 Å². The van der Waals surface area contributed by atoms with Crippen LogP contribution in [0.4, 0.5) is 0 Å². The van der Waals surface area contributed by atoms with Crippen LogP contribution in [0.5, 0.6) is 0 Å². The number of hydrogen-bond acceptors (Lipinski definition) is 5. The summed E-state index contributed by atoms with van der Waals surface area (Å²) in [5.74, 6) is 1.72. The predicted octanol–water partition coefficient (Wildman–Crippen LogP) is 15.3. The van der Waals surface area contributed by atoms with Crippen LogP contribution in [0.3, 0.4) is 0 Å². The molecule has 0 spiro atoms. The lowest BCUT2D eigenvalue weighted by molar-refractivity contribution is 0.670. The highest BCUT2D eigenvalue weighted by Crippen LogP contribution is 2.43. The number of para-hydroxylation sites is 4. The molecule has 0 amide bonds. The van der Waals surface area contributed by atoms with Crippen molar-refractivity contribution in [2.75, 3.05) is 0 Å². The standard InChI is InChI=1S/C57H33N5OS/c1-3-15-34(16-4-1)37-22-13-23-41-40-30-29-35(31-50(40)63-54(37)41)55-58-56(43-24-14-28-52-53(43)42-21-9-12-27-51(42)64-52)60-57(59-55)62-47-26-11-8-20-39(47)45-32-48-44(33-49(45)62)38-19-7-10-25-46(38)61(48)36-17-5-2-6-18-36/h1-33H. The zero-order chi connectivity index (χ0) is 41.9.